The molecule has 2 rings (SSSR count). The SMILES string of the molecule is CN(C(=O)COc1nnc(C(F)(F)Cl)s1)c1ccccc1. The molecular formula is C12H10ClF2N3O2S. The maximum absolute atomic E-state index is 12.8. The number of carbonyl (C=O) groups is 1. The molecular weight excluding hydrogens is 324 g/mol. The van der Waals surface area contributed by atoms with Crippen molar-refractivity contribution < 1.29 is 18.3 Å². The molecule has 21 heavy (non-hydrogen) atoms. The minimum atomic E-state index is -3.59. The van der Waals surface area contributed by atoms with E-state index >= 15 is 0 Å². The number of benzene rings is 1. The molecule has 5 nitrogen and oxygen atoms in total. The molecule has 0 atom stereocenters. The molecule has 0 unspecified atom stereocenters. The van der Waals surface area contributed by atoms with E-state index in [-0.39, 0.29) is 17.7 Å². The summed E-state index contributed by atoms with van der Waals surface area (Å²) in [5.41, 5.74) is 0.691. The van der Waals surface area contributed by atoms with E-state index in [0.717, 1.165) is 0 Å². The highest BCUT2D eigenvalue weighted by Gasteiger charge is 2.33. The number of halogens is 3. The Hall–Kier alpha value is -1.80. The predicted octanol–water partition coefficient (Wildman–Crippen LogP) is 2.87. The number of anilines is 1. The summed E-state index contributed by atoms with van der Waals surface area (Å²) in [7, 11) is 1.58. The van der Waals surface area contributed by atoms with Crippen LogP contribution in [0.4, 0.5) is 14.5 Å². The van der Waals surface area contributed by atoms with Crippen LogP contribution >= 0.6 is 22.9 Å². The highest BCUT2D eigenvalue weighted by molar-refractivity contribution is 7.13. The van der Waals surface area contributed by atoms with E-state index in [9.17, 15) is 13.6 Å². The number of para-hydroxylation sites is 1. The maximum atomic E-state index is 12.8. The number of amides is 1. The molecule has 0 saturated heterocycles. The largest absolute Gasteiger partial charge is 0.459 e. The van der Waals surface area contributed by atoms with Crippen molar-refractivity contribution >= 4 is 34.5 Å². The molecule has 9 heteroatoms. The number of likely N-dealkylation sites (N-methyl/N-ethyl adjacent to an activating group) is 1. The van der Waals surface area contributed by atoms with E-state index < -0.39 is 10.4 Å². The van der Waals surface area contributed by atoms with E-state index in [0.29, 0.717) is 17.0 Å². The Labute approximate surface area is 128 Å². The standard InChI is InChI=1S/C12H10ClF2N3O2S/c1-18(8-5-3-2-4-6-8)9(19)7-20-11-17-16-10(21-11)12(13,14)15/h2-6H,7H2,1H3. The quantitative estimate of drug-likeness (QED) is 0.789. The van der Waals surface area contributed by atoms with E-state index in [1.165, 1.54) is 4.90 Å². The number of aromatic nitrogens is 2. The average molecular weight is 334 g/mol. The van der Waals surface area contributed by atoms with Crippen LogP contribution in [0.1, 0.15) is 5.01 Å². The van der Waals surface area contributed by atoms with Crippen molar-refractivity contribution in [2.45, 2.75) is 5.38 Å². The topological polar surface area (TPSA) is 55.3 Å². The van der Waals surface area contributed by atoms with Crippen molar-refractivity contribution in [1.82, 2.24) is 10.2 Å². The van der Waals surface area contributed by atoms with Gasteiger partial charge in [-0.3, -0.25) is 4.79 Å². The minimum Gasteiger partial charge on any atom is -0.459 e. The first kappa shape index (κ1) is 15.6. The molecule has 1 amide bonds. The van der Waals surface area contributed by atoms with Crippen LogP contribution in [0, 0.1) is 0 Å². The second-order valence-corrected chi connectivity index (χ2v) is 5.36. The first-order valence-corrected chi connectivity index (χ1v) is 6.92. The van der Waals surface area contributed by atoms with Crippen LogP contribution in [0.5, 0.6) is 5.19 Å². The third kappa shape index (κ3) is 4.08. The number of ether oxygens (including phenoxy) is 1. The molecule has 0 N–H and O–H groups in total. The monoisotopic (exact) mass is 333 g/mol. The highest BCUT2D eigenvalue weighted by Crippen LogP contribution is 2.36. The summed E-state index contributed by atoms with van der Waals surface area (Å²) in [6, 6.07) is 8.93. The Morgan fingerprint density at radius 2 is 2.05 bits per heavy atom. The molecule has 0 aliphatic heterocycles. The smallest absolute Gasteiger partial charge is 0.376 e. The van der Waals surface area contributed by atoms with Gasteiger partial charge in [-0.15, -0.1) is 5.10 Å². The average Bonchev–Trinajstić information content (AvgIpc) is 2.94. The third-order valence-electron chi connectivity index (χ3n) is 2.49. The molecule has 0 saturated carbocycles. The van der Waals surface area contributed by atoms with Crippen molar-refractivity contribution in [3.8, 4) is 5.19 Å². The summed E-state index contributed by atoms with van der Waals surface area (Å²) in [6.07, 6.45) is 0. The van der Waals surface area contributed by atoms with Gasteiger partial charge >= 0.3 is 5.38 Å². The zero-order valence-corrected chi connectivity index (χ0v) is 12.4. The number of hydrogen-bond acceptors (Lipinski definition) is 5. The molecule has 0 fully saturated rings. The second kappa shape index (κ2) is 6.31. The number of rotatable bonds is 5. The van der Waals surface area contributed by atoms with Crippen LogP contribution in [0.25, 0.3) is 0 Å². The van der Waals surface area contributed by atoms with Crippen molar-refractivity contribution in [2.75, 3.05) is 18.6 Å². The van der Waals surface area contributed by atoms with Crippen molar-refractivity contribution in [3.05, 3.63) is 35.3 Å². The van der Waals surface area contributed by atoms with E-state index in [2.05, 4.69) is 10.2 Å². The van der Waals surface area contributed by atoms with Gasteiger partial charge in [-0.2, -0.15) is 8.78 Å². The molecule has 1 aromatic carbocycles. The van der Waals surface area contributed by atoms with Gasteiger partial charge in [-0.05, 0) is 23.7 Å². The molecule has 0 aliphatic carbocycles. The predicted molar refractivity (Wildman–Crippen MR) is 75.0 cm³/mol. The van der Waals surface area contributed by atoms with Crippen LogP contribution in [-0.2, 0) is 10.2 Å². The first-order valence-electron chi connectivity index (χ1n) is 5.73. The molecule has 0 radical (unpaired) electrons. The third-order valence-corrected chi connectivity index (χ3v) is 3.68. The first-order chi connectivity index (χ1) is 9.88. The van der Waals surface area contributed by atoms with Gasteiger partial charge < -0.3 is 9.64 Å². The Bertz CT molecular complexity index is 618. The lowest BCUT2D eigenvalue weighted by Gasteiger charge is -2.16. The van der Waals surface area contributed by atoms with Gasteiger partial charge in [0.05, 0.1) is 0 Å². The van der Waals surface area contributed by atoms with Crippen LogP contribution in [0.15, 0.2) is 30.3 Å². The number of nitrogens with zero attached hydrogens (tertiary/aromatic N) is 3. The molecule has 112 valence electrons. The normalized spacial score (nSPS) is 11.2. The molecule has 0 aliphatic rings. The van der Waals surface area contributed by atoms with Crippen LogP contribution < -0.4 is 9.64 Å². The van der Waals surface area contributed by atoms with Gasteiger partial charge in [0.25, 0.3) is 11.1 Å². The van der Waals surface area contributed by atoms with Gasteiger partial charge in [0.15, 0.2) is 6.61 Å². The summed E-state index contributed by atoms with van der Waals surface area (Å²) >= 11 is 5.30. The number of hydrogen-bond donors (Lipinski definition) is 0. The Morgan fingerprint density at radius 1 is 1.38 bits per heavy atom. The van der Waals surface area contributed by atoms with Gasteiger partial charge in [0.1, 0.15) is 0 Å². The minimum absolute atomic E-state index is 0.139. The molecule has 1 heterocycles. The van der Waals surface area contributed by atoms with E-state index in [1.54, 1.807) is 31.3 Å². The zero-order chi connectivity index (χ0) is 15.5. The van der Waals surface area contributed by atoms with E-state index in [4.69, 9.17) is 16.3 Å². The summed E-state index contributed by atoms with van der Waals surface area (Å²) in [5.74, 6) is -0.351. The Kier molecular flexibility index (Phi) is 4.69. The fourth-order valence-electron chi connectivity index (χ4n) is 1.40. The van der Waals surface area contributed by atoms with Crippen molar-refractivity contribution in [3.63, 3.8) is 0 Å². The Balaban J connectivity index is 1.94. The van der Waals surface area contributed by atoms with Gasteiger partial charge in [-0.1, -0.05) is 34.6 Å². The maximum Gasteiger partial charge on any atom is 0.376 e. The number of carbonyl (C=O) groups excluding carboxylic acids is 1. The lowest BCUT2D eigenvalue weighted by molar-refractivity contribution is -0.120. The fourth-order valence-corrected chi connectivity index (χ4v) is 2.11. The zero-order valence-electron chi connectivity index (χ0n) is 10.8. The molecule has 0 bridgehead atoms. The second-order valence-electron chi connectivity index (χ2n) is 3.95. The Morgan fingerprint density at radius 3 is 2.62 bits per heavy atom. The van der Waals surface area contributed by atoms with E-state index in [1.807, 2.05) is 6.07 Å². The molecule has 0 spiro atoms. The fraction of sp³-hybridized carbons (Fsp3) is 0.250. The van der Waals surface area contributed by atoms with Gasteiger partial charge in [-0.25, -0.2) is 0 Å². The summed E-state index contributed by atoms with van der Waals surface area (Å²) in [4.78, 5) is 13.3. The van der Waals surface area contributed by atoms with Crippen LogP contribution in [-0.4, -0.2) is 29.8 Å². The summed E-state index contributed by atoms with van der Waals surface area (Å²) in [5, 5.41) is 2.19. The lowest BCUT2D eigenvalue weighted by atomic mass is 10.3. The highest BCUT2D eigenvalue weighted by atomic mass is 35.5. The van der Waals surface area contributed by atoms with Gasteiger partial charge in [0.2, 0.25) is 5.01 Å². The molecule has 1 aromatic heterocycles. The summed E-state index contributed by atoms with van der Waals surface area (Å²) in [6.45, 7) is -0.339. The van der Waals surface area contributed by atoms with Crippen LogP contribution in [0.2, 0.25) is 0 Å². The number of alkyl halides is 3. The molecule has 2 aromatic rings. The van der Waals surface area contributed by atoms with Crippen LogP contribution in [0.3, 0.4) is 0 Å². The summed E-state index contributed by atoms with van der Waals surface area (Å²) < 4.78 is 30.6. The van der Waals surface area contributed by atoms with Crippen molar-refractivity contribution in [1.29, 1.82) is 0 Å². The van der Waals surface area contributed by atoms with Crippen molar-refractivity contribution in [2.24, 2.45) is 0 Å². The lowest BCUT2D eigenvalue weighted by Crippen LogP contribution is -2.31. The van der Waals surface area contributed by atoms with Gasteiger partial charge in [0, 0.05) is 12.7 Å².